The van der Waals surface area contributed by atoms with Crippen LogP contribution in [0.1, 0.15) is 45.4 Å². The first-order valence-electron chi connectivity index (χ1n) is 7.87. The third-order valence-electron chi connectivity index (χ3n) is 4.79. The molecule has 1 saturated carbocycles. The largest absolute Gasteiger partial charge is 0.396 e. The van der Waals surface area contributed by atoms with E-state index in [0.717, 1.165) is 24.8 Å². The predicted molar refractivity (Wildman–Crippen MR) is 75.8 cm³/mol. The van der Waals surface area contributed by atoms with Crippen LogP contribution in [0.2, 0.25) is 0 Å². The lowest BCUT2D eigenvalue weighted by Crippen LogP contribution is -2.51. The van der Waals surface area contributed by atoms with E-state index in [1.165, 1.54) is 58.4 Å². The zero-order valence-corrected chi connectivity index (χ0v) is 12.0. The Balaban J connectivity index is 1.63. The summed E-state index contributed by atoms with van der Waals surface area (Å²) in [5.74, 6) is 0.959. The minimum atomic E-state index is 0.347. The van der Waals surface area contributed by atoms with Crippen molar-refractivity contribution in [3.8, 4) is 0 Å². The first-order valence-corrected chi connectivity index (χ1v) is 7.87. The van der Waals surface area contributed by atoms with Crippen LogP contribution in [0.4, 0.5) is 0 Å². The van der Waals surface area contributed by atoms with Gasteiger partial charge in [-0.3, -0.25) is 4.90 Å². The van der Waals surface area contributed by atoms with Crippen molar-refractivity contribution >= 4 is 0 Å². The summed E-state index contributed by atoms with van der Waals surface area (Å²) in [5, 5.41) is 8.80. The SMILES string of the molecule is CC1CCC(N2CCN(CCCCO)CC2)CC1. The van der Waals surface area contributed by atoms with E-state index in [2.05, 4.69) is 16.7 Å². The molecule has 3 nitrogen and oxygen atoms in total. The summed E-state index contributed by atoms with van der Waals surface area (Å²) >= 11 is 0. The lowest BCUT2D eigenvalue weighted by Gasteiger charge is -2.41. The number of hydrogen-bond donors (Lipinski definition) is 1. The minimum Gasteiger partial charge on any atom is -0.396 e. The molecule has 0 atom stereocenters. The van der Waals surface area contributed by atoms with Crippen LogP contribution in [0.15, 0.2) is 0 Å². The fourth-order valence-corrected chi connectivity index (χ4v) is 3.41. The van der Waals surface area contributed by atoms with Gasteiger partial charge in [-0.25, -0.2) is 0 Å². The van der Waals surface area contributed by atoms with Crippen molar-refractivity contribution in [3.05, 3.63) is 0 Å². The second-order valence-corrected chi connectivity index (χ2v) is 6.22. The summed E-state index contributed by atoms with van der Waals surface area (Å²) in [7, 11) is 0. The lowest BCUT2D eigenvalue weighted by atomic mass is 9.86. The number of hydrogen-bond acceptors (Lipinski definition) is 3. The molecule has 1 saturated heterocycles. The molecule has 1 N–H and O–H groups in total. The molecule has 0 spiro atoms. The van der Waals surface area contributed by atoms with E-state index >= 15 is 0 Å². The average Bonchev–Trinajstić information content (AvgIpc) is 2.41. The van der Waals surface area contributed by atoms with Crippen molar-refractivity contribution in [2.24, 2.45) is 5.92 Å². The topological polar surface area (TPSA) is 26.7 Å². The Hall–Kier alpha value is -0.120. The first kappa shape index (κ1) is 14.3. The number of unbranched alkanes of at least 4 members (excludes halogenated alkanes) is 1. The highest BCUT2D eigenvalue weighted by molar-refractivity contribution is 4.82. The molecule has 18 heavy (non-hydrogen) atoms. The van der Waals surface area contributed by atoms with Gasteiger partial charge in [0.2, 0.25) is 0 Å². The molecule has 2 aliphatic rings. The van der Waals surface area contributed by atoms with Crippen LogP contribution < -0.4 is 0 Å². The van der Waals surface area contributed by atoms with Crippen LogP contribution in [-0.2, 0) is 0 Å². The molecular formula is C15H30N2O. The van der Waals surface area contributed by atoms with E-state index in [4.69, 9.17) is 5.11 Å². The van der Waals surface area contributed by atoms with Crippen molar-refractivity contribution in [1.82, 2.24) is 9.80 Å². The normalized spacial score (nSPS) is 31.7. The number of rotatable bonds is 5. The molecule has 0 aromatic rings. The number of piperazine rings is 1. The fraction of sp³-hybridized carbons (Fsp3) is 1.00. The van der Waals surface area contributed by atoms with Gasteiger partial charge in [0, 0.05) is 38.8 Å². The molecule has 0 aromatic carbocycles. The summed E-state index contributed by atoms with van der Waals surface area (Å²) in [6.07, 6.45) is 7.82. The third-order valence-corrected chi connectivity index (χ3v) is 4.79. The average molecular weight is 254 g/mol. The quantitative estimate of drug-likeness (QED) is 0.760. The number of aliphatic hydroxyl groups is 1. The summed E-state index contributed by atoms with van der Waals surface area (Å²) < 4.78 is 0. The van der Waals surface area contributed by atoms with Crippen LogP contribution in [0, 0.1) is 5.92 Å². The minimum absolute atomic E-state index is 0.347. The van der Waals surface area contributed by atoms with Crippen LogP contribution >= 0.6 is 0 Å². The van der Waals surface area contributed by atoms with Crippen LogP contribution in [-0.4, -0.2) is 60.3 Å². The van der Waals surface area contributed by atoms with E-state index < -0.39 is 0 Å². The van der Waals surface area contributed by atoms with Crippen molar-refractivity contribution in [3.63, 3.8) is 0 Å². The number of nitrogens with zero attached hydrogens (tertiary/aromatic N) is 2. The maximum Gasteiger partial charge on any atom is 0.0431 e. The van der Waals surface area contributed by atoms with Crippen molar-refractivity contribution in [2.75, 3.05) is 39.3 Å². The maximum atomic E-state index is 8.80. The maximum absolute atomic E-state index is 8.80. The fourth-order valence-electron chi connectivity index (χ4n) is 3.41. The molecular weight excluding hydrogens is 224 g/mol. The second kappa shape index (κ2) is 7.46. The Morgan fingerprint density at radius 3 is 2.22 bits per heavy atom. The third kappa shape index (κ3) is 4.22. The van der Waals surface area contributed by atoms with Gasteiger partial charge in [-0.1, -0.05) is 6.92 Å². The van der Waals surface area contributed by atoms with Crippen molar-refractivity contribution in [1.29, 1.82) is 0 Å². The molecule has 0 unspecified atom stereocenters. The van der Waals surface area contributed by atoms with Gasteiger partial charge in [0.25, 0.3) is 0 Å². The molecule has 1 aliphatic carbocycles. The zero-order chi connectivity index (χ0) is 12.8. The van der Waals surface area contributed by atoms with Gasteiger partial charge in [-0.05, 0) is 51.0 Å². The van der Waals surface area contributed by atoms with Crippen molar-refractivity contribution in [2.45, 2.75) is 51.5 Å². The van der Waals surface area contributed by atoms with E-state index in [0.29, 0.717) is 6.61 Å². The lowest BCUT2D eigenvalue weighted by molar-refractivity contribution is 0.0707. The number of aliphatic hydroxyl groups excluding tert-OH is 1. The molecule has 2 rings (SSSR count). The van der Waals surface area contributed by atoms with Crippen LogP contribution in [0.5, 0.6) is 0 Å². The van der Waals surface area contributed by atoms with Gasteiger partial charge in [0.05, 0.1) is 0 Å². The Labute approximate surface area is 112 Å². The predicted octanol–water partition coefficient (Wildman–Crippen LogP) is 1.96. The molecule has 1 heterocycles. The van der Waals surface area contributed by atoms with E-state index in [-0.39, 0.29) is 0 Å². The van der Waals surface area contributed by atoms with Gasteiger partial charge in [0.1, 0.15) is 0 Å². The molecule has 0 amide bonds. The highest BCUT2D eigenvalue weighted by Gasteiger charge is 2.26. The Bertz CT molecular complexity index is 219. The molecule has 0 radical (unpaired) electrons. The molecule has 106 valence electrons. The van der Waals surface area contributed by atoms with E-state index in [1.54, 1.807) is 0 Å². The van der Waals surface area contributed by atoms with E-state index in [1.807, 2.05) is 0 Å². The molecule has 1 aliphatic heterocycles. The molecule has 0 bridgehead atoms. The summed E-state index contributed by atoms with van der Waals surface area (Å²) in [6.45, 7) is 8.91. The second-order valence-electron chi connectivity index (χ2n) is 6.22. The zero-order valence-electron chi connectivity index (χ0n) is 12.0. The Morgan fingerprint density at radius 2 is 1.61 bits per heavy atom. The Kier molecular flexibility index (Phi) is 5.93. The summed E-state index contributed by atoms with van der Waals surface area (Å²) in [5.41, 5.74) is 0. The van der Waals surface area contributed by atoms with Crippen LogP contribution in [0.3, 0.4) is 0 Å². The van der Waals surface area contributed by atoms with Gasteiger partial charge in [-0.2, -0.15) is 0 Å². The molecule has 3 heteroatoms. The highest BCUT2D eigenvalue weighted by Crippen LogP contribution is 2.27. The van der Waals surface area contributed by atoms with Crippen molar-refractivity contribution < 1.29 is 5.11 Å². The standard InChI is InChI=1S/C15H30N2O/c1-14-4-6-15(7-5-14)17-11-9-16(10-12-17)8-2-3-13-18/h14-15,18H,2-13H2,1H3. The monoisotopic (exact) mass is 254 g/mol. The summed E-state index contributed by atoms with van der Waals surface area (Å²) in [4.78, 5) is 5.30. The van der Waals surface area contributed by atoms with Crippen LogP contribution in [0.25, 0.3) is 0 Å². The molecule has 0 aromatic heterocycles. The Morgan fingerprint density at radius 1 is 0.944 bits per heavy atom. The first-order chi connectivity index (χ1) is 8.79. The van der Waals surface area contributed by atoms with Gasteiger partial charge >= 0.3 is 0 Å². The van der Waals surface area contributed by atoms with E-state index in [9.17, 15) is 0 Å². The molecule has 2 fully saturated rings. The van der Waals surface area contributed by atoms with Gasteiger partial charge in [0.15, 0.2) is 0 Å². The van der Waals surface area contributed by atoms with Gasteiger partial charge in [-0.15, -0.1) is 0 Å². The summed E-state index contributed by atoms with van der Waals surface area (Å²) in [6, 6.07) is 0.876. The smallest absolute Gasteiger partial charge is 0.0431 e. The highest BCUT2D eigenvalue weighted by atomic mass is 16.2. The van der Waals surface area contributed by atoms with Gasteiger partial charge < -0.3 is 10.0 Å².